The number of fused-ring (bicyclic) bond motifs is 1. The van der Waals surface area contributed by atoms with Crippen LogP contribution in [0.2, 0.25) is 0 Å². The lowest BCUT2D eigenvalue weighted by Gasteiger charge is -2.29. The summed E-state index contributed by atoms with van der Waals surface area (Å²) in [7, 11) is -3.77. The fourth-order valence-electron chi connectivity index (χ4n) is 2.93. The number of anilines is 2. The van der Waals surface area contributed by atoms with Crippen LogP contribution in [-0.2, 0) is 21.2 Å². The normalized spacial score (nSPS) is 14.2. The first kappa shape index (κ1) is 18.6. The molecule has 27 heavy (non-hydrogen) atoms. The summed E-state index contributed by atoms with van der Waals surface area (Å²) in [6.45, 7) is 0.553. The molecule has 3 rings (SSSR count). The molecule has 8 heteroatoms. The Morgan fingerprint density at radius 3 is 2.56 bits per heavy atom. The summed E-state index contributed by atoms with van der Waals surface area (Å²) in [4.78, 5) is 14.4. The van der Waals surface area contributed by atoms with Crippen molar-refractivity contribution in [3.63, 3.8) is 0 Å². The third-order valence-electron chi connectivity index (χ3n) is 4.27. The Labute approximate surface area is 157 Å². The molecular formula is C19H18N4O3S. The number of carbonyl (C=O) groups is 1. The van der Waals surface area contributed by atoms with E-state index in [0.717, 1.165) is 24.1 Å². The molecule has 0 unspecified atom stereocenters. The maximum atomic E-state index is 12.8. The smallest absolute Gasteiger partial charge is 0.270 e. The molecule has 2 aromatic rings. The molecular weight excluding hydrogens is 364 g/mol. The maximum absolute atomic E-state index is 12.8. The minimum atomic E-state index is -3.77. The van der Waals surface area contributed by atoms with Gasteiger partial charge < -0.3 is 10.2 Å². The highest BCUT2D eigenvalue weighted by Crippen LogP contribution is 2.27. The molecule has 0 saturated carbocycles. The van der Waals surface area contributed by atoms with Crippen molar-refractivity contribution in [2.75, 3.05) is 16.8 Å². The Morgan fingerprint density at radius 2 is 1.89 bits per heavy atom. The number of aryl methyl sites for hydroxylation is 1. The fraction of sp³-hybridized carbons (Fsp3) is 0.158. The van der Waals surface area contributed by atoms with Crippen molar-refractivity contribution in [3.8, 4) is 6.07 Å². The van der Waals surface area contributed by atoms with E-state index in [1.165, 1.54) is 30.5 Å². The maximum Gasteiger partial charge on any atom is 0.270 e. The van der Waals surface area contributed by atoms with Crippen LogP contribution < -0.4 is 15.4 Å². The third kappa shape index (κ3) is 4.16. The highest BCUT2D eigenvalue weighted by molar-refractivity contribution is 7.89. The van der Waals surface area contributed by atoms with E-state index in [0.29, 0.717) is 12.2 Å². The van der Waals surface area contributed by atoms with E-state index in [1.807, 2.05) is 30.3 Å². The van der Waals surface area contributed by atoms with E-state index < -0.39 is 10.0 Å². The van der Waals surface area contributed by atoms with Gasteiger partial charge in [0.25, 0.3) is 5.91 Å². The molecule has 0 saturated heterocycles. The molecule has 1 heterocycles. The number of primary sulfonamides is 1. The molecule has 7 nitrogen and oxygen atoms in total. The summed E-state index contributed by atoms with van der Waals surface area (Å²) >= 11 is 0. The number of amides is 1. The van der Waals surface area contributed by atoms with Crippen LogP contribution in [-0.4, -0.2) is 20.9 Å². The Balaban J connectivity index is 1.79. The van der Waals surface area contributed by atoms with Crippen LogP contribution >= 0.6 is 0 Å². The summed E-state index contributed by atoms with van der Waals surface area (Å²) < 4.78 is 22.5. The van der Waals surface area contributed by atoms with E-state index in [-0.39, 0.29) is 16.4 Å². The van der Waals surface area contributed by atoms with Crippen LogP contribution in [0.3, 0.4) is 0 Å². The second-order valence-corrected chi connectivity index (χ2v) is 7.63. The van der Waals surface area contributed by atoms with E-state index >= 15 is 0 Å². The van der Waals surface area contributed by atoms with Crippen LogP contribution in [0.5, 0.6) is 0 Å². The number of nitrogens with two attached hydrogens (primary N) is 1. The number of hydrogen-bond acceptors (Lipinski definition) is 5. The van der Waals surface area contributed by atoms with Crippen molar-refractivity contribution in [2.45, 2.75) is 17.7 Å². The standard InChI is InChI=1S/C19H18N4O3S/c20-12-15(13-22-16-7-9-17(10-8-16)27(21,25)26)19(24)23-11-3-5-14-4-1-2-6-18(14)23/h1-2,4,6-10,13,22H,3,5,11H2,(H2,21,25,26)/b15-13-. The first-order valence-electron chi connectivity index (χ1n) is 8.29. The van der Waals surface area contributed by atoms with Crippen LogP contribution in [0.4, 0.5) is 11.4 Å². The van der Waals surface area contributed by atoms with E-state index in [2.05, 4.69) is 5.32 Å². The van der Waals surface area contributed by atoms with Crippen molar-refractivity contribution >= 4 is 27.3 Å². The van der Waals surface area contributed by atoms with Gasteiger partial charge in [0.05, 0.1) is 4.90 Å². The quantitative estimate of drug-likeness (QED) is 0.621. The van der Waals surface area contributed by atoms with Gasteiger partial charge in [-0.1, -0.05) is 18.2 Å². The van der Waals surface area contributed by atoms with Crippen molar-refractivity contribution in [1.29, 1.82) is 5.26 Å². The van der Waals surface area contributed by atoms with Crippen LogP contribution in [0.25, 0.3) is 0 Å². The molecule has 0 radical (unpaired) electrons. The summed E-state index contributed by atoms with van der Waals surface area (Å²) in [6.07, 6.45) is 3.07. The van der Waals surface area contributed by atoms with Crippen molar-refractivity contribution < 1.29 is 13.2 Å². The van der Waals surface area contributed by atoms with Crippen LogP contribution in [0.15, 0.2) is 65.2 Å². The molecule has 3 N–H and O–H groups in total. The SMILES string of the molecule is N#C/C(=C/Nc1ccc(S(N)(=O)=O)cc1)C(=O)N1CCCc2ccccc21. The predicted molar refractivity (Wildman–Crippen MR) is 102 cm³/mol. The molecule has 0 fully saturated rings. The summed E-state index contributed by atoms with van der Waals surface area (Å²) in [5, 5.41) is 17.3. The molecule has 0 atom stereocenters. The molecule has 1 aliphatic heterocycles. The number of carbonyl (C=O) groups excluding carboxylic acids is 1. The number of sulfonamides is 1. The number of nitriles is 1. The molecule has 1 amide bonds. The summed E-state index contributed by atoms with van der Waals surface area (Å²) in [5.41, 5.74) is 2.40. The Bertz CT molecular complexity index is 1040. The number of rotatable bonds is 4. The fourth-order valence-corrected chi connectivity index (χ4v) is 3.44. The largest absolute Gasteiger partial charge is 0.360 e. The molecule has 2 aromatic carbocycles. The molecule has 138 valence electrons. The number of nitrogens with one attached hydrogen (secondary N) is 1. The molecule has 0 bridgehead atoms. The second-order valence-electron chi connectivity index (χ2n) is 6.07. The van der Waals surface area contributed by atoms with E-state index in [9.17, 15) is 18.5 Å². The highest BCUT2D eigenvalue weighted by atomic mass is 32.2. The minimum absolute atomic E-state index is 0.0152. The average Bonchev–Trinajstić information content (AvgIpc) is 2.67. The van der Waals surface area contributed by atoms with Crippen LogP contribution in [0, 0.1) is 11.3 Å². The summed E-state index contributed by atoms with van der Waals surface area (Å²) in [6, 6.07) is 15.3. The lowest BCUT2D eigenvalue weighted by atomic mass is 10.0. The van der Waals surface area contributed by atoms with E-state index in [4.69, 9.17) is 5.14 Å². The first-order chi connectivity index (χ1) is 12.9. The minimum Gasteiger partial charge on any atom is -0.360 e. The molecule has 0 spiro atoms. The van der Waals surface area contributed by atoms with Gasteiger partial charge in [0, 0.05) is 24.1 Å². The number of para-hydroxylation sites is 1. The predicted octanol–water partition coefficient (Wildman–Crippen LogP) is 2.13. The van der Waals surface area contributed by atoms with Crippen LogP contribution in [0.1, 0.15) is 12.0 Å². The van der Waals surface area contributed by atoms with Crippen molar-refractivity contribution in [2.24, 2.45) is 5.14 Å². The number of benzene rings is 2. The Kier molecular flexibility index (Phi) is 5.26. The number of nitrogens with zero attached hydrogens (tertiary/aromatic N) is 2. The lowest BCUT2D eigenvalue weighted by molar-refractivity contribution is -0.114. The topological polar surface area (TPSA) is 116 Å². The van der Waals surface area contributed by atoms with E-state index in [1.54, 1.807) is 4.90 Å². The Hall–Kier alpha value is -3.15. The molecule has 1 aliphatic rings. The third-order valence-corrected chi connectivity index (χ3v) is 5.20. The van der Waals surface area contributed by atoms with Gasteiger partial charge in [-0.05, 0) is 48.7 Å². The van der Waals surface area contributed by atoms with Gasteiger partial charge in [-0.15, -0.1) is 0 Å². The van der Waals surface area contributed by atoms with Gasteiger partial charge in [-0.2, -0.15) is 5.26 Å². The van der Waals surface area contributed by atoms with Gasteiger partial charge in [-0.25, -0.2) is 13.6 Å². The van der Waals surface area contributed by atoms with Crippen molar-refractivity contribution in [3.05, 3.63) is 65.9 Å². The number of hydrogen-bond donors (Lipinski definition) is 2. The van der Waals surface area contributed by atoms with Gasteiger partial charge in [0.15, 0.2) is 0 Å². The summed E-state index contributed by atoms with van der Waals surface area (Å²) in [5.74, 6) is -0.377. The zero-order valence-electron chi connectivity index (χ0n) is 14.4. The van der Waals surface area contributed by atoms with Gasteiger partial charge in [0.2, 0.25) is 10.0 Å². The van der Waals surface area contributed by atoms with Gasteiger partial charge in [0.1, 0.15) is 11.6 Å². The molecule has 0 aliphatic carbocycles. The average molecular weight is 382 g/mol. The second kappa shape index (κ2) is 7.61. The zero-order chi connectivity index (χ0) is 19.4. The first-order valence-corrected chi connectivity index (χ1v) is 9.84. The van der Waals surface area contributed by atoms with Crippen molar-refractivity contribution in [1.82, 2.24) is 0 Å². The van der Waals surface area contributed by atoms with Gasteiger partial charge >= 0.3 is 0 Å². The van der Waals surface area contributed by atoms with Gasteiger partial charge in [-0.3, -0.25) is 4.79 Å². The highest BCUT2D eigenvalue weighted by Gasteiger charge is 2.24. The zero-order valence-corrected chi connectivity index (χ0v) is 15.2. The monoisotopic (exact) mass is 382 g/mol. The lowest BCUT2D eigenvalue weighted by Crippen LogP contribution is -2.36. The molecule has 0 aromatic heterocycles. The Morgan fingerprint density at radius 1 is 1.19 bits per heavy atom.